The van der Waals surface area contributed by atoms with E-state index in [4.69, 9.17) is 9.47 Å². The lowest BCUT2D eigenvalue weighted by Crippen LogP contribution is -2.70. The number of carbonyl (C=O) groups is 2. The number of aliphatic hydroxyl groups is 5. The molecular formula is C14H23NO9. The van der Waals surface area contributed by atoms with Crippen LogP contribution in [-0.2, 0) is 19.1 Å². The highest BCUT2D eigenvalue weighted by Crippen LogP contribution is 2.45. The van der Waals surface area contributed by atoms with Crippen LogP contribution in [0.5, 0.6) is 0 Å². The first kappa shape index (κ1) is 19.0. The summed E-state index contributed by atoms with van der Waals surface area (Å²) in [5.74, 6) is -1.46. The van der Waals surface area contributed by atoms with Crippen molar-refractivity contribution in [2.75, 3.05) is 20.3 Å². The Labute approximate surface area is 138 Å². The molecule has 1 amide bonds. The van der Waals surface area contributed by atoms with Crippen molar-refractivity contribution in [3.8, 4) is 0 Å². The summed E-state index contributed by atoms with van der Waals surface area (Å²) in [5.41, 5.74) is -1.82. The predicted octanol–water partition coefficient (Wildman–Crippen LogP) is -3.65. The van der Waals surface area contributed by atoms with Gasteiger partial charge in [-0.15, -0.1) is 0 Å². The molecule has 7 atom stereocenters. The van der Waals surface area contributed by atoms with Gasteiger partial charge in [-0.05, 0) is 0 Å². The van der Waals surface area contributed by atoms with Gasteiger partial charge in [-0.25, -0.2) is 4.79 Å². The largest absolute Gasteiger partial charge is 0.467 e. The van der Waals surface area contributed by atoms with Crippen LogP contribution >= 0.6 is 0 Å². The molecule has 2 aliphatic heterocycles. The number of nitrogens with zero attached hydrogens (tertiary/aromatic N) is 1. The average Bonchev–Trinajstić information content (AvgIpc) is 2.91. The van der Waals surface area contributed by atoms with Crippen LogP contribution in [0, 0.1) is 0 Å². The highest BCUT2D eigenvalue weighted by atomic mass is 16.6. The molecular weight excluding hydrogens is 326 g/mol. The van der Waals surface area contributed by atoms with Crippen molar-refractivity contribution < 1.29 is 44.6 Å². The van der Waals surface area contributed by atoms with Crippen LogP contribution in [0.1, 0.15) is 13.3 Å². The first-order chi connectivity index (χ1) is 11.2. The number of likely N-dealkylation sites (tertiary alicyclic amines) is 1. The summed E-state index contributed by atoms with van der Waals surface area (Å²) in [4.78, 5) is 25.3. The van der Waals surface area contributed by atoms with Crippen molar-refractivity contribution in [3.63, 3.8) is 0 Å². The lowest BCUT2D eigenvalue weighted by Gasteiger charge is -2.48. The second-order valence-electron chi connectivity index (χ2n) is 6.11. The van der Waals surface area contributed by atoms with E-state index in [0.717, 1.165) is 12.0 Å². The summed E-state index contributed by atoms with van der Waals surface area (Å²) in [6.45, 7) is -0.000569. The minimum atomic E-state index is -1.82. The Bertz CT molecular complexity index is 499. The molecule has 0 radical (unpaired) electrons. The smallest absolute Gasteiger partial charge is 0.331 e. The van der Waals surface area contributed by atoms with Gasteiger partial charge in [0.15, 0.2) is 6.04 Å². The van der Waals surface area contributed by atoms with Gasteiger partial charge in [0.25, 0.3) is 0 Å². The van der Waals surface area contributed by atoms with Crippen LogP contribution in [0.3, 0.4) is 0 Å². The fourth-order valence-corrected chi connectivity index (χ4v) is 3.70. The van der Waals surface area contributed by atoms with Gasteiger partial charge < -0.3 is 39.9 Å². The summed E-state index contributed by atoms with van der Waals surface area (Å²) < 4.78 is 10.3. The zero-order valence-electron chi connectivity index (χ0n) is 13.4. The van der Waals surface area contributed by atoms with Gasteiger partial charge in [0.05, 0.1) is 26.4 Å². The molecule has 2 aliphatic rings. The van der Waals surface area contributed by atoms with Gasteiger partial charge in [-0.3, -0.25) is 4.79 Å². The maximum atomic E-state index is 12.3. The number of carbonyl (C=O) groups excluding carboxylic acids is 2. The van der Waals surface area contributed by atoms with E-state index < -0.39 is 67.2 Å². The zero-order chi connectivity index (χ0) is 18.2. The van der Waals surface area contributed by atoms with E-state index in [2.05, 4.69) is 0 Å². The number of ether oxygens (including phenoxy) is 2. The SMILES string of the molecule is COC(=O)[C@H]1N(C(C)=O)[C@@H](CO)C[C@]12OC(CO)[C@@H](O)C(O)C2O. The monoisotopic (exact) mass is 349 g/mol. The van der Waals surface area contributed by atoms with Crippen molar-refractivity contribution in [2.24, 2.45) is 0 Å². The number of amides is 1. The molecule has 0 saturated carbocycles. The second kappa shape index (κ2) is 6.90. The molecule has 10 heteroatoms. The summed E-state index contributed by atoms with van der Waals surface area (Å²) in [5, 5.41) is 49.4. The molecule has 138 valence electrons. The Morgan fingerprint density at radius 2 is 1.83 bits per heavy atom. The molecule has 10 nitrogen and oxygen atoms in total. The van der Waals surface area contributed by atoms with E-state index >= 15 is 0 Å². The van der Waals surface area contributed by atoms with E-state index in [1.54, 1.807) is 0 Å². The Kier molecular flexibility index (Phi) is 5.47. The van der Waals surface area contributed by atoms with Gasteiger partial charge in [-0.1, -0.05) is 0 Å². The fourth-order valence-electron chi connectivity index (χ4n) is 3.70. The highest BCUT2D eigenvalue weighted by molar-refractivity contribution is 5.86. The number of methoxy groups -OCH3 is 1. The summed E-state index contributed by atoms with van der Waals surface area (Å²) >= 11 is 0. The fraction of sp³-hybridized carbons (Fsp3) is 0.857. The van der Waals surface area contributed by atoms with Crippen molar-refractivity contribution >= 4 is 11.9 Å². The van der Waals surface area contributed by atoms with Crippen molar-refractivity contribution in [1.82, 2.24) is 4.90 Å². The Morgan fingerprint density at radius 1 is 1.21 bits per heavy atom. The van der Waals surface area contributed by atoms with Crippen LogP contribution in [0.4, 0.5) is 0 Å². The summed E-state index contributed by atoms with van der Waals surface area (Å²) in [7, 11) is 1.09. The summed E-state index contributed by atoms with van der Waals surface area (Å²) in [6, 6.07) is -2.30. The van der Waals surface area contributed by atoms with E-state index in [9.17, 15) is 35.1 Å². The lowest BCUT2D eigenvalue weighted by molar-refractivity contribution is -0.279. The van der Waals surface area contributed by atoms with Gasteiger partial charge in [0.2, 0.25) is 5.91 Å². The second-order valence-corrected chi connectivity index (χ2v) is 6.11. The van der Waals surface area contributed by atoms with Crippen molar-refractivity contribution in [1.29, 1.82) is 0 Å². The first-order valence-electron chi connectivity index (χ1n) is 7.55. The third-order valence-corrected chi connectivity index (χ3v) is 4.79. The number of rotatable bonds is 3. The average molecular weight is 349 g/mol. The molecule has 0 bridgehead atoms. The quantitative estimate of drug-likeness (QED) is 0.324. The maximum Gasteiger partial charge on any atom is 0.331 e. The predicted molar refractivity (Wildman–Crippen MR) is 76.5 cm³/mol. The minimum absolute atomic E-state index is 0.176. The van der Waals surface area contributed by atoms with Crippen LogP contribution in [-0.4, -0.2) is 105 Å². The number of hydrogen-bond donors (Lipinski definition) is 5. The van der Waals surface area contributed by atoms with Gasteiger partial charge in [-0.2, -0.15) is 0 Å². The standard InChI is InChI=1S/C14H23NO9/c1-6(18)15-7(4-16)3-14(11(15)13(22)23-2)12(21)10(20)9(19)8(5-17)24-14/h7-12,16-17,19-21H,3-5H2,1-2H3/t7-,8?,9-,10?,11-,12?,14+/m1/s1. The molecule has 3 unspecified atom stereocenters. The number of esters is 1. The molecule has 2 saturated heterocycles. The third-order valence-electron chi connectivity index (χ3n) is 4.79. The molecule has 0 aromatic heterocycles. The third kappa shape index (κ3) is 2.68. The molecule has 5 N–H and O–H groups in total. The normalized spacial score (nSPS) is 42.4. The summed E-state index contributed by atoms with van der Waals surface area (Å²) in [6.07, 6.45) is -6.48. The van der Waals surface area contributed by atoms with E-state index in [1.807, 2.05) is 0 Å². The van der Waals surface area contributed by atoms with Crippen molar-refractivity contribution in [3.05, 3.63) is 0 Å². The highest BCUT2D eigenvalue weighted by Gasteiger charge is 2.66. The maximum absolute atomic E-state index is 12.3. The zero-order valence-corrected chi connectivity index (χ0v) is 13.4. The molecule has 2 rings (SSSR count). The molecule has 0 aromatic carbocycles. The molecule has 1 spiro atoms. The van der Waals surface area contributed by atoms with Crippen molar-refractivity contribution in [2.45, 2.75) is 55.4 Å². The molecule has 0 aromatic rings. The number of hydrogen-bond acceptors (Lipinski definition) is 9. The van der Waals surface area contributed by atoms with E-state index in [-0.39, 0.29) is 6.42 Å². The van der Waals surface area contributed by atoms with Crippen LogP contribution < -0.4 is 0 Å². The minimum Gasteiger partial charge on any atom is -0.467 e. The van der Waals surface area contributed by atoms with Gasteiger partial charge in [0.1, 0.15) is 30.0 Å². The van der Waals surface area contributed by atoms with Gasteiger partial charge in [0, 0.05) is 13.3 Å². The van der Waals surface area contributed by atoms with Crippen LogP contribution in [0.15, 0.2) is 0 Å². The Morgan fingerprint density at radius 3 is 2.29 bits per heavy atom. The Balaban J connectivity index is 2.54. The van der Waals surface area contributed by atoms with E-state index in [1.165, 1.54) is 6.92 Å². The van der Waals surface area contributed by atoms with Crippen LogP contribution in [0.2, 0.25) is 0 Å². The van der Waals surface area contributed by atoms with Gasteiger partial charge >= 0.3 is 5.97 Å². The topological polar surface area (TPSA) is 157 Å². The molecule has 0 aliphatic carbocycles. The molecule has 2 heterocycles. The van der Waals surface area contributed by atoms with E-state index in [0.29, 0.717) is 0 Å². The number of aliphatic hydroxyl groups excluding tert-OH is 5. The molecule has 2 fully saturated rings. The molecule has 24 heavy (non-hydrogen) atoms. The van der Waals surface area contributed by atoms with Crippen LogP contribution in [0.25, 0.3) is 0 Å². The lowest BCUT2D eigenvalue weighted by atomic mass is 9.79. The first-order valence-corrected chi connectivity index (χ1v) is 7.55. The Hall–Kier alpha value is -1.30.